The Morgan fingerprint density at radius 1 is 1.50 bits per heavy atom. The Balaban J connectivity index is 2.96. The third-order valence-electron chi connectivity index (χ3n) is 2.29. The van der Waals surface area contributed by atoms with Gasteiger partial charge in [0.15, 0.2) is 0 Å². The van der Waals surface area contributed by atoms with Crippen LogP contribution in [0.2, 0.25) is 5.02 Å². The summed E-state index contributed by atoms with van der Waals surface area (Å²) in [5, 5.41) is 4.29. The van der Waals surface area contributed by atoms with Crippen molar-refractivity contribution >= 4 is 11.6 Å². The summed E-state index contributed by atoms with van der Waals surface area (Å²) in [4.78, 5) is 0. The first-order valence-electron chi connectivity index (χ1n) is 4.81. The van der Waals surface area contributed by atoms with Crippen LogP contribution in [0.5, 0.6) is 0 Å². The van der Waals surface area contributed by atoms with E-state index in [0.29, 0.717) is 17.9 Å². The molecular weight excluding hydrogens is 243 g/mol. The highest BCUT2D eigenvalue weighted by molar-refractivity contribution is 6.31. The van der Waals surface area contributed by atoms with Crippen LogP contribution in [-0.4, -0.2) is 22.0 Å². The molecular formula is C9H13ClF3N3. The van der Waals surface area contributed by atoms with Crippen molar-refractivity contribution in [3.63, 3.8) is 0 Å². The topological polar surface area (TPSA) is 43.8 Å². The van der Waals surface area contributed by atoms with Gasteiger partial charge in [-0.15, -0.1) is 0 Å². The Morgan fingerprint density at radius 2 is 2.06 bits per heavy atom. The van der Waals surface area contributed by atoms with Gasteiger partial charge in [-0.2, -0.15) is 18.3 Å². The van der Waals surface area contributed by atoms with Crippen LogP contribution < -0.4 is 5.73 Å². The first-order valence-corrected chi connectivity index (χ1v) is 5.19. The van der Waals surface area contributed by atoms with E-state index >= 15 is 0 Å². The number of aromatic nitrogens is 2. The standard InChI is InChI=1S/C9H13ClF3N3/c1-3-16-6(8(10)5(2)15-16)4-7(14)9(11,12)13/h7H,3-4,14H2,1-2H3. The molecule has 2 N–H and O–H groups in total. The van der Waals surface area contributed by atoms with Crippen molar-refractivity contribution in [2.45, 2.75) is 39.0 Å². The van der Waals surface area contributed by atoms with Crippen LogP contribution in [0.4, 0.5) is 13.2 Å². The summed E-state index contributed by atoms with van der Waals surface area (Å²) in [5.41, 5.74) is 5.92. The van der Waals surface area contributed by atoms with Crippen molar-refractivity contribution in [2.75, 3.05) is 0 Å². The van der Waals surface area contributed by atoms with E-state index in [0.717, 1.165) is 0 Å². The van der Waals surface area contributed by atoms with Crippen LogP contribution in [-0.2, 0) is 13.0 Å². The predicted octanol–water partition coefficient (Wildman–Crippen LogP) is 2.30. The van der Waals surface area contributed by atoms with E-state index in [9.17, 15) is 13.2 Å². The van der Waals surface area contributed by atoms with Crippen LogP contribution in [0, 0.1) is 6.92 Å². The molecule has 0 amide bonds. The molecule has 0 aliphatic carbocycles. The van der Waals surface area contributed by atoms with Crippen molar-refractivity contribution in [1.82, 2.24) is 9.78 Å². The number of hydrogen-bond donors (Lipinski definition) is 1. The van der Waals surface area contributed by atoms with E-state index in [4.69, 9.17) is 17.3 Å². The lowest BCUT2D eigenvalue weighted by Crippen LogP contribution is -2.39. The summed E-state index contributed by atoms with van der Waals surface area (Å²) in [5.74, 6) is 0. The number of aryl methyl sites for hydroxylation is 2. The fourth-order valence-electron chi connectivity index (χ4n) is 1.39. The van der Waals surface area contributed by atoms with Crippen LogP contribution in [0.15, 0.2) is 0 Å². The van der Waals surface area contributed by atoms with Crippen molar-refractivity contribution in [3.05, 3.63) is 16.4 Å². The molecule has 0 bridgehead atoms. The molecule has 0 aliphatic heterocycles. The summed E-state index contributed by atoms with van der Waals surface area (Å²) >= 11 is 5.88. The van der Waals surface area contributed by atoms with E-state index in [1.807, 2.05) is 0 Å². The fourth-order valence-corrected chi connectivity index (χ4v) is 1.60. The quantitative estimate of drug-likeness (QED) is 0.901. The van der Waals surface area contributed by atoms with Gasteiger partial charge in [-0.3, -0.25) is 4.68 Å². The maximum atomic E-state index is 12.3. The van der Waals surface area contributed by atoms with Crippen molar-refractivity contribution in [1.29, 1.82) is 0 Å². The molecule has 7 heteroatoms. The van der Waals surface area contributed by atoms with Crippen molar-refractivity contribution in [2.24, 2.45) is 5.73 Å². The predicted molar refractivity (Wildman–Crippen MR) is 55.4 cm³/mol. The lowest BCUT2D eigenvalue weighted by molar-refractivity contribution is -0.147. The second-order valence-electron chi connectivity index (χ2n) is 3.51. The highest BCUT2D eigenvalue weighted by atomic mass is 35.5. The summed E-state index contributed by atoms with van der Waals surface area (Å²) < 4.78 is 38.4. The highest BCUT2D eigenvalue weighted by Crippen LogP contribution is 2.26. The molecule has 16 heavy (non-hydrogen) atoms. The molecule has 0 fully saturated rings. The minimum absolute atomic E-state index is 0.265. The zero-order chi connectivity index (χ0) is 12.5. The summed E-state index contributed by atoms with van der Waals surface area (Å²) in [6, 6.07) is -1.91. The van der Waals surface area contributed by atoms with Crippen LogP contribution >= 0.6 is 11.6 Å². The van der Waals surface area contributed by atoms with E-state index in [1.165, 1.54) is 4.68 Å². The number of hydrogen-bond acceptors (Lipinski definition) is 2. The zero-order valence-electron chi connectivity index (χ0n) is 8.98. The average molecular weight is 256 g/mol. The lowest BCUT2D eigenvalue weighted by Gasteiger charge is -2.16. The molecule has 0 aromatic carbocycles. The van der Waals surface area contributed by atoms with E-state index in [2.05, 4.69) is 5.10 Å². The van der Waals surface area contributed by atoms with Gasteiger partial charge in [0.25, 0.3) is 0 Å². The van der Waals surface area contributed by atoms with E-state index in [-0.39, 0.29) is 11.4 Å². The first kappa shape index (κ1) is 13.3. The second kappa shape index (κ2) is 4.63. The van der Waals surface area contributed by atoms with Gasteiger partial charge in [-0.1, -0.05) is 11.6 Å². The normalized spacial score (nSPS) is 14.2. The lowest BCUT2D eigenvalue weighted by atomic mass is 10.1. The Bertz CT molecular complexity index is 373. The molecule has 1 aromatic heterocycles. The molecule has 0 saturated heterocycles. The maximum absolute atomic E-state index is 12.3. The number of nitrogens with zero attached hydrogens (tertiary/aromatic N) is 2. The first-order chi connectivity index (χ1) is 7.27. The average Bonchev–Trinajstić information content (AvgIpc) is 2.44. The van der Waals surface area contributed by atoms with Crippen LogP contribution in [0.1, 0.15) is 18.3 Å². The van der Waals surface area contributed by atoms with Crippen molar-refractivity contribution < 1.29 is 13.2 Å². The molecule has 0 saturated carbocycles. The molecule has 1 rings (SSSR count). The maximum Gasteiger partial charge on any atom is 0.404 e. The van der Waals surface area contributed by atoms with Gasteiger partial charge in [0.2, 0.25) is 0 Å². The molecule has 92 valence electrons. The van der Waals surface area contributed by atoms with Gasteiger partial charge < -0.3 is 5.73 Å². The van der Waals surface area contributed by atoms with Crippen LogP contribution in [0.25, 0.3) is 0 Å². The SMILES string of the molecule is CCn1nc(C)c(Cl)c1CC(N)C(F)(F)F. The Hall–Kier alpha value is -0.750. The summed E-state index contributed by atoms with van der Waals surface area (Å²) in [6.45, 7) is 3.90. The third kappa shape index (κ3) is 2.68. The summed E-state index contributed by atoms with van der Waals surface area (Å²) in [6.07, 6.45) is -4.77. The molecule has 1 aromatic rings. The minimum Gasteiger partial charge on any atom is -0.320 e. The van der Waals surface area contributed by atoms with Gasteiger partial charge >= 0.3 is 6.18 Å². The van der Waals surface area contributed by atoms with Gasteiger partial charge in [-0.05, 0) is 13.8 Å². The molecule has 1 atom stereocenters. The number of halogens is 4. The number of nitrogens with two attached hydrogens (primary N) is 1. The molecule has 0 spiro atoms. The van der Waals surface area contributed by atoms with Gasteiger partial charge in [0, 0.05) is 13.0 Å². The highest BCUT2D eigenvalue weighted by Gasteiger charge is 2.37. The minimum atomic E-state index is -4.42. The molecule has 3 nitrogen and oxygen atoms in total. The van der Waals surface area contributed by atoms with Crippen LogP contribution in [0.3, 0.4) is 0 Å². The smallest absolute Gasteiger partial charge is 0.320 e. The van der Waals surface area contributed by atoms with E-state index < -0.39 is 12.2 Å². The van der Waals surface area contributed by atoms with Gasteiger partial charge in [0.1, 0.15) is 6.04 Å². The number of rotatable bonds is 3. The fraction of sp³-hybridized carbons (Fsp3) is 0.667. The Morgan fingerprint density at radius 3 is 2.50 bits per heavy atom. The Kier molecular flexibility index (Phi) is 3.85. The third-order valence-corrected chi connectivity index (χ3v) is 2.78. The van der Waals surface area contributed by atoms with Gasteiger partial charge in [-0.25, -0.2) is 0 Å². The van der Waals surface area contributed by atoms with E-state index in [1.54, 1.807) is 13.8 Å². The molecule has 1 unspecified atom stereocenters. The second-order valence-corrected chi connectivity index (χ2v) is 3.89. The molecule has 0 radical (unpaired) electrons. The molecule has 0 aliphatic rings. The summed E-state index contributed by atoms with van der Waals surface area (Å²) in [7, 11) is 0. The number of alkyl halides is 3. The monoisotopic (exact) mass is 255 g/mol. The largest absolute Gasteiger partial charge is 0.404 e. The Labute approximate surface area is 96.4 Å². The van der Waals surface area contributed by atoms with Crippen molar-refractivity contribution in [3.8, 4) is 0 Å². The van der Waals surface area contributed by atoms with Gasteiger partial charge in [0.05, 0.1) is 16.4 Å². The zero-order valence-corrected chi connectivity index (χ0v) is 9.73. The molecule has 1 heterocycles.